The van der Waals surface area contributed by atoms with Crippen LogP contribution in [0.2, 0.25) is 0 Å². The molecule has 1 unspecified atom stereocenters. The molecular weight excluding hydrogens is 493 g/mol. The average molecular weight is 521 g/mol. The molecule has 2 amide bonds. The largest absolute Gasteiger partial charge is 0.416 e. The fourth-order valence-corrected chi connectivity index (χ4v) is 4.35. The summed E-state index contributed by atoms with van der Waals surface area (Å²) in [5.74, 6) is -0.0558. The molecule has 10 heteroatoms. The van der Waals surface area contributed by atoms with Crippen LogP contribution in [0.5, 0.6) is 5.75 Å². The molecule has 0 fully saturated rings. The highest BCUT2D eigenvalue weighted by atomic mass is 32.2. The maximum absolute atomic E-state index is 12.9. The third-order valence-corrected chi connectivity index (χ3v) is 6.85. The van der Waals surface area contributed by atoms with Gasteiger partial charge in [-0.25, -0.2) is 4.79 Å². The number of nitrogens with one attached hydrogen (secondary N) is 1. The van der Waals surface area contributed by atoms with Crippen LogP contribution in [0.25, 0.3) is 0 Å². The molecule has 0 aliphatic rings. The zero-order chi connectivity index (χ0) is 26.3. The van der Waals surface area contributed by atoms with Gasteiger partial charge in [0.05, 0.1) is 5.56 Å². The van der Waals surface area contributed by atoms with E-state index in [1.54, 1.807) is 17.0 Å². The van der Waals surface area contributed by atoms with E-state index >= 15 is 0 Å². The first-order valence-electron chi connectivity index (χ1n) is 11.3. The van der Waals surface area contributed by atoms with Crippen molar-refractivity contribution < 1.29 is 30.6 Å². The van der Waals surface area contributed by atoms with Crippen LogP contribution in [0.3, 0.4) is 0 Å². The number of carbonyl (C=O) groups is 1. The quantitative estimate of drug-likeness (QED) is 0.352. The third kappa shape index (κ3) is 7.24. The Balaban J connectivity index is 1.69. The van der Waals surface area contributed by atoms with Gasteiger partial charge in [0.1, 0.15) is 10.6 Å². The van der Waals surface area contributed by atoms with Crippen LogP contribution in [0.1, 0.15) is 37.0 Å². The number of alkyl halides is 3. The summed E-state index contributed by atoms with van der Waals surface area (Å²) >= 11 is 0. The summed E-state index contributed by atoms with van der Waals surface area (Å²) in [7, 11) is -4.47. The standard InChI is InChI=1S/C26H27F3N2O4S/c1-3-19(2)31(25(32)30-17-20-8-5-4-6-9-20)18-21-12-14-23(15-13-21)35-36(33,34)24-11-7-10-22(16-24)26(27,28)29/h4-16,19H,3,17-18H2,1-2H3,(H,30,32). The molecule has 36 heavy (non-hydrogen) atoms. The van der Waals surface area contributed by atoms with E-state index < -0.39 is 26.8 Å². The van der Waals surface area contributed by atoms with Crippen molar-refractivity contribution in [2.45, 2.75) is 50.5 Å². The van der Waals surface area contributed by atoms with Gasteiger partial charge >= 0.3 is 22.3 Å². The first-order valence-corrected chi connectivity index (χ1v) is 12.7. The van der Waals surface area contributed by atoms with Gasteiger partial charge in [-0.2, -0.15) is 21.6 Å². The van der Waals surface area contributed by atoms with Crippen LogP contribution in [-0.2, 0) is 29.4 Å². The van der Waals surface area contributed by atoms with Crippen molar-refractivity contribution in [3.63, 3.8) is 0 Å². The van der Waals surface area contributed by atoms with Gasteiger partial charge in [0.15, 0.2) is 0 Å². The first-order chi connectivity index (χ1) is 17.0. The van der Waals surface area contributed by atoms with Crippen LogP contribution < -0.4 is 9.50 Å². The Labute approximate surface area is 208 Å². The molecule has 0 aliphatic heterocycles. The van der Waals surface area contributed by atoms with Gasteiger partial charge in [0.25, 0.3) is 0 Å². The van der Waals surface area contributed by atoms with Gasteiger partial charge in [0.2, 0.25) is 0 Å². The predicted molar refractivity (Wildman–Crippen MR) is 130 cm³/mol. The topological polar surface area (TPSA) is 75.7 Å². The van der Waals surface area contributed by atoms with Gasteiger partial charge in [-0.05, 0) is 54.8 Å². The molecule has 3 aromatic rings. The highest BCUT2D eigenvalue weighted by Crippen LogP contribution is 2.31. The number of halogens is 3. The van der Waals surface area contributed by atoms with E-state index in [0.717, 1.165) is 35.7 Å². The Morgan fingerprint density at radius 1 is 0.972 bits per heavy atom. The van der Waals surface area contributed by atoms with Crippen molar-refractivity contribution in [1.29, 1.82) is 0 Å². The number of carbonyl (C=O) groups excluding carboxylic acids is 1. The summed E-state index contributed by atoms with van der Waals surface area (Å²) in [6, 6.07) is 18.6. The SMILES string of the molecule is CCC(C)N(Cc1ccc(OS(=O)(=O)c2cccc(C(F)(F)F)c2)cc1)C(=O)NCc1ccccc1. The van der Waals surface area contributed by atoms with Crippen molar-refractivity contribution in [2.75, 3.05) is 0 Å². The van der Waals surface area contributed by atoms with Gasteiger partial charge in [-0.15, -0.1) is 0 Å². The number of nitrogens with zero attached hydrogens (tertiary/aromatic N) is 1. The van der Waals surface area contributed by atoms with E-state index in [1.807, 2.05) is 44.2 Å². The minimum atomic E-state index is -4.68. The average Bonchev–Trinajstić information content (AvgIpc) is 2.86. The Kier molecular flexibility index (Phi) is 8.62. The molecule has 0 heterocycles. The normalized spacial score (nSPS) is 12.6. The summed E-state index contributed by atoms with van der Waals surface area (Å²) in [4.78, 5) is 13.9. The maximum Gasteiger partial charge on any atom is 0.416 e. The van der Waals surface area contributed by atoms with Crippen molar-refractivity contribution in [1.82, 2.24) is 10.2 Å². The number of benzene rings is 3. The van der Waals surface area contributed by atoms with Crippen LogP contribution in [0, 0.1) is 0 Å². The molecule has 1 atom stereocenters. The van der Waals surface area contributed by atoms with Gasteiger partial charge in [-0.1, -0.05) is 55.5 Å². The lowest BCUT2D eigenvalue weighted by Gasteiger charge is -2.29. The van der Waals surface area contributed by atoms with Gasteiger partial charge < -0.3 is 14.4 Å². The summed E-state index contributed by atoms with van der Waals surface area (Å²) in [5, 5.41) is 2.91. The van der Waals surface area contributed by atoms with E-state index in [4.69, 9.17) is 4.18 Å². The fourth-order valence-electron chi connectivity index (χ4n) is 3.37. The molecule has 0 spiro atoms. The minimum absolute atomic E-state index is 0.0558. The zero-order valence-corrected chi connectivity index (χ0v) is 20.6. The second-order valence-electron chi connectivity index (χ2n) is 8.24. The van der Waals surface area contributed by atoms with Crippen LogP contribution >= 0.6 is 0 Å². The molecule has 6 nitrogen and oxygen atoms in total. The Morgan fingerprint density at radius 3 is 2.25 bits per heavy atom. The smallest absolute Gasteiger partial charge is 0.379 e. The van der Waals surface area contributed by atoms with E-state index in [9.17, 15) is 26.4 Å². The summed E-state index contributed by atoms with van der Waals surface area (Å²) in [6.07, 6.45) is -3.95. The summed E-state index contributed by atoms with van der Waals surface area (Å²) < 4.78 is 68.8. The van der Waals surface area contributed by atoms with Crippen molar-refractivity contribution >= 4 is 16.1 Å². The molecule has 1 N–H and O–H groups in total. The lowest BCUT2D eigenvalue weighted by molar-refractivity contribution is -0.137. The molecule has 0 saturated carbocycles. The van der Waals surface area contributed by atoms with E-state index in [-0.39, 0.29) is 24.4 Å². The lowest BCUT2D eigenvalue weighted by atomic mass is 10.1. The van der Waals surface area contributed by atoms with Crippen LogP contribution in [0.4, 0.5) is 18.0 Å². The second-order valence-corrected chi connectivity index (χ2v) is 9.78. The molecule has 3 aromatic carbocycles. The van der Waals surface area contributed by atoms with Crippen molar-refractivity contribution in [3.05, 3.63) is 95.6 Å². The van der Waals surface area contributed by atoms with Crippen molar-refractivity contribution in [3.8, 4) is 5.75 Å². The summed E-state index contributed by atoms with van der Waals surface area (Å²) in [5.41, 5.74) is 0.616. The lowest BCUT2D eigenvalue weighted by Crippen LogP contribution is -2.44. The number of hydrogen-bond acceptors (Lipinski definition) is 4. The zero-order valence-electron chi connectivity index (χ0n) is 19.8. The van der Waals surface area contributed by atoms with E-state index in [0.29, 0.717) is 12.6 Å². The van der Waals surface area contributed by atoms with E-state index in [1.165, 1.54) is 12.1 Å². The number of rotatable bonds is 9. The molecule has 192 valence electrons. The molecule has 0 radical (unpaired) electrons. The van der Waals surface area contributed by atoms with Crippen LogP contribution in [0.15, 0.2) is 83.8 Å². The minimum Gasteiger partial charge on any atom is -0.379 e. The van der Waals surface area contributed by atoms with Crippen molar-refractivity contribution in [2.24, 2.45) is 0 Å². The molecular formula is C26H27F3N2O4S. The number of hydrogen-bond donors (Lipinski definition) is 1. The van der Waals surface area contributed by atoms with Gasteiger partial charge in [0, 0.05) is 19.1 Å². The number of amides is 2. The Morgan fingerprint density at radius 2 is 1.64 bits per heavy atom. The molecule has 0 aliphatic carbocycles. The molecule has 0 aromatic heterocycles. The van der Waals surface area contributed by atoms with E-state index in [2.05, 4.69) is 5.32 Å². The summed E-state index contributed by atoms with van der Waals surface area (Å²) in [6.45, 7) is 4.56. The first kappa shape index (κ1) is 27.1. The van der Waals surface area contributed by atoms with Gasteiger partial charge in [-0.3, -0.25) is 0 Å². The molecule has 3 rings (SSSR count). The Bertz CT molecular complexity index is 1260. The number of urea groups is 1. The third-order valence-electron chi connectivity index (χ3n) is 5.60. The van der Waals surface area contributed by atoms with Crippen LogP contribution in [-0.4, -0.2) is 25.4 Å². The maximum atomic E-state index is 12.9. The Hall–Kier alpha value is -3.53. The second kappa shape index (κ2) is 11.5. The fraction of sp³-hybridized carbons (Fsp3) is 0.269. The predicted octanol–water partition coefficient (Wildman–Crippen LogP) is 5.98. The monoisotopic (exact) mass is 520 g/mol. The highest BCUT2D eigenvalue weighted by molar-refractivity contribution is 7.87. The highest BCUT2D eigenvalue weighted by Gasteiger charge is 2.32. The molecule has 0 saturated heterocycles. The molecule has 0 bridgehead atoms.